The molecule has 0 spiro atoms. The van der Waals surface area contributed by atoms with E-state index >= 15 is 0 Å². The van der Waals surface area contributed by atoms with E-state index in [2.05, 4.69) is 11.4 Å². The molecule has 1 atom stereocenters. The Morgan fingerprint density at radius 2 is 1.83 bits per heavy atom. The predicted molar refractivity (Wildman–Crippen MR) is 113 cm³/mol. The molecule has 1 heterocycles. The number of nitrogens with one attached hydrogen (secondary N) is 1. The first-order chi connectivity index (χ1) is 14.6. The summed E-state index contributed by atoms with van der Waals surface area (Å²) in [5.41, 5.74) is 1.03. The quantitative estimate of drug-likeness (QED) is 0.488. The van der Waals surface area contributed by atoms with Crippen molar-refractivity contribution in [1.29, 1.82) is 0 Å². The van der Waals surface area contributed by atoms with Gasteiger partial charge in [0.05, 0.1) is 6.61 Å². The number of rotatable bonds is 9. The highest BCUT2D eigenvalue weighted by molar-refractivity contribution is 5.89. The summed E-state index contributed by atoms with van der Waals surface area (Å²) < 4.78 is 16.4. The van der Waals surface area contributed by atoms with Gasteiger partial charge in [0.15, 0.2) is 17.3 Å². The lowest BCUT2D eigenvalue weighted by atomic mass is 9.88. The number of ether oxygens (including phenoxy) is 3. The second kappa shape index (κ2) is 9.49. The van der Waals surface area contributed by atoms with E-state index in [9.17, 15) is 9.90 Å². The zero-order valence-electron chi connectivity index (χ0n) is 17.2. The molecule has 1 unspecified atom stereocenters. The average molecular weight is 411 g/mol. The Morgan fingerprint density at radius 1 is 1.03 bits per heavy atom. The van der Waals surface area contributed by atoms with Gasteiger partial charge in [-0.25, -0.2) is 0 Å². The van der Waals surface area contributed by atoms with Gasteiger partial charge in [0.25, 0.3) is 0 Å². The molecule has 6 nitrogen and oxygen atoms in total. The standard InChI is InChI=1S/C24H29NO5/c26-23-15-19-6-2-1-5-18(19)9-11-24(23,27)10-3-12-25-13-4-14-28-20-7-8-21-22(16-20)30-17-29-21/h1-2,5-8,16,25,27H,3-4,9-15,17H2. The van der Waals surface area contributed by atoms with Crippen molar-refractivity contribution in [3.63, 3.8) is 0 Å². The molecule has 0 saturated carbocycles. The van der Waals surface area contributed by atoms with Crippen LogP contribution in [0.1, 0.15) is 36.8 Å². The molecule has 160 valence electrons. The summed E-state index contributed by atoms with van der Waals surface area (Å²) in [4.78, 5) is 12.6. The average Bonchev–Trinajstić information content (AvgIpc) is 3.18. The van der Waals surface area contributed by atoms with Crippen molar-refractivity contribution in [3.05, 3.63) is 53.6 Å². The third-order valence-corrected chi connectivity index (χ3v) is 5.85. The van der Waals surface area contributed by atoms with Crippen molar-refractivity contribution < 1.29 is 24.1 Å². The normalized spacial score (nSPS) is 20.0. The maximum Gasteiger partial charge on any atom is 0.231 e. The minimum Gasteiger partial charge on any atom is -0.493 e. The van der Waals surface area contributed by atoms with Crippen LogP contribution in [-0.4, -0.2) is 43.0 Å². The molecule has 4 rings (SSSR count). The number of carbonyl (C=O) groups is 1. The summed E-state index contributed by atoms with van der Waals surface area (Å²) in [7, 11) is 0. The molecule has 0 bridgehead atoms. The van der Waals surface area contributed by atoms with Crippen LogP contribution in [0.4, 0.5) is 0 Å². The summed E-state index contributed by atoms with van der Waals surface area (Å²) >= 11 is 0. The summed E-state index contributed by atoms with van der Waals surface area (Å²) in [5, 5.41) is 14.3. The Morgan fingerprint density at radius 3 is 2.73 bits per heavy atom. The number of hydrogen-bond donors (Lipinski definition) is 2. The van der Waals surface area contributed by atoms with Gasteiger partial charge < -0.3 is 24.6 Å². The number of benzene rings is 2. The van der Waals surface area contributed by atoms with Crippen LogP contribution in [0, 0.1) is 0 Å². The fourth-order valence-electron chi connectivity index (χ4n) is 4.04. The van der Waals surface area contributed by atoms with Crippen LogP contribution >= 0.6 is 0 Å². The molecule has 2 aliphatic rings. The first kappa shape index (κ1) is 20.7. The van der Waals surface area contributed by atoms with E-state index in [-0.39, 0.29) is 12.6 Å². The maximum absolute atomic E-state index is 12.6. The molecule has 2 N–H and O–H groups in total. The first-order valence-electron chi connectivity index (χ1n) is 10.7. The van der Waals surface area contributed by atoms with Crippen molar-refractivity contribution >= 4 is 5.78 Å². The van der Waals surface area contributed by atoms with Crippen LogP contribution in [-0.2, 0) is 17.6 Å². The smallest absolute Gasteiger partial charge is 0.231 e. The predicted octanol–water partition coefficient (Wildman–Crippen LogP) is 3.04. The lowest BCUT2D eigenvalue weighted by Gasteiger charge is -2.25. The van der Waals surface area contributed by atoms with Crippen molar-refractivity contribution in [2.24, 2.45) is 0 Å². The van der Waals surface area contributed by atoms with Gasteiger partial charge >= 0.3 is 0 Å². The second-order valence-electron chi connectivity index (χ2n) is 7.97. The molecule has 0 amide bonds. The van der Waals surface area contributed by atoms with Crippen molar-refractivity contribution in [1.82, 2.24) is 5.32 Å². The van der Waals surface area contributed by atoms with Crippen molar-refractivity contribution in [2.45, 2.75) is 44.1 Å². The van der Waals surface area contributed by atoms with Crippen LogP contribution in [0.15, 0.2) is 42.5 Å². The number of aryl methyl sites for hydroxylation is 1. The van der Waals surface area contributed by atoms with Gasteiger partial charge in [-0.3, -0.25) is 4.79 Å². The third kappa shape index (κ3) is 4.94. The molecule has 0 aromatic heterocycles. The lowest BCUT2D eigenvalue weighted by Crippen LogP contribution is -2.39. The highest BCUT2D eigenvalue weighted by Crippen LogP contribution is 2.35. The Labute approximate surface area is 177 Å². The zero-order valence-corrected chi connectivity index (χ0v) is 17.2. The minimum atomic E-state index is -1.21. The third-order valence-electron chi connectivity index (χ3n) is 5.85. The van der Waals surface area contributed by atoms with Crippen LogP contribution in [0.5, 0.6) is 17.2 Å². The molecule has 2 aromatic rings. The summed E-state index contributed by atoms with van der Waals surface area (Å²) in [6.45, 7) is 2.46. The van der Waals surface area contributed by atoms with Gasteiger partial charge in [0, 0.05) is 12.5 Å². The lowest BCUT2D eigenvalue weighted by molar-refractivity contribution is -0.137. The highest BCUT2D eigenvalue weighted by Gasteiger charge is 2.36. The fraction of sp³-hybridized carbons (Fsp3) is 0.458. The van der Waals surface area contributed by atoms with Crippen LogP contribution in [0.2, 0.25) is 0 Å². The topological polar surface area (TPSA) is 77.0 Å². The SMILES string of the molecule is O=C1Cc2ccccc2CCC1(O)CCCNCCCOc1ccc2c(c1)OCO2. The Balaban J connectivity index is 1.11. The molecule has 1 aliphatic heterocycles. The Kier molecular flexibility index (Phi) is 6.55. The largest absolute Gasteiger partial charge is 0.493 e. The monoisotopic (exact) mass is 411 g/mol. The number of carbonyl (C=O) groups excluding carboxylic acids is 1. The number of ketones is 1. The number of hydrogen-bond acceptors (Lipinski definition) is 6. The van der Waals surface area contributed by atoms with E-state index in [1.54, 1.807) is 0 Å². The minimum absolute atomic E-state index is 0.0513. The van der Waals surface area contributed by atoms with E-state index in [0.29, 0.717) is 25.9 Å². The molecule has 6 heteroatoms. The zero-order chi connectivity index (χ0) is 20.8. The van der Waals surface area contributed by atoms with Gasteiger partial charge in [0.1, 0.15) is 11.4 Å². The summed E-state index contributed by atoms with van der Waals surface area (Å²) in [6, 6.07) is 13.6. The molecule has 1 aliphatic carbocycles. The van der Waals surface area contributed by atoms with E-state index in [4.69, 9.17) is 14.2 Å². The van der Waals surface area contributed by atoms with Crippen LogP contribution in [0.25, 0.3) is 0 Å². The summed E-state index contributed by atoms with van der Waals surface area (Å²) in [6.07, 6.45) is 3.72. The molecule has 30 heavy (non-hydrogen) atoms. The van der Waals surface area contributed by atoms with Crippen molar-refractivity contribution in [3.8, 4) is 17.2 Å². The van der Waals surface area contributed by atoms with E-state index in [1.807, 2.05) is 36.4 Å². The molecule has 2 aromatic carbocycles. The highest BCUT2D eigenvalue weighted by atomic mass is 16.7. The number of fused-ring (bicyclic) bond motifs is 2. The van der Waals surface area contributed by atoms with Gasteiger partial charge in [-0.05, 0) is 68.5 Å². The van der Waals surface area contributed by atoms with E-state index < -0.39 is 5.60 Å². The Bertz CT molecular complexity index is 884. The van der Waals surface area contributed by atoms with Crippen molar-refractivity contribution in [2.75, 3.05) is 26.5 Å². The van der Waals surface area contributed by atoms with E-state index in [0.717, 1.165) is 55.2 Å². The first-order valence-corrected chi connectivity index (χ1v) is 10.7. The summed E-state index contributed by atoms with van der Waals surface area (Å²) in [5.74, 6) is 2.19. The fourth-order valence-corrected chi connectivity index (χ4v) is 4.04. The molecule has 0 saturated heterocycles. The Hall–Kier alpha value is -2.57. The second-order valence-corrected chi connectivity index (χ2v) is 7.97. The molecular weight excluding hydrogens is 382 g/mol. The van der Waals surface area contributed by atoms with Gasteiger partial charge in [-0.15, -0.1) is 0 Å². The van der Waals surface area contributed by atoms with Gasteiger partial charge in [-0.1, -0.05) is 24.3 Å². The van der Waals surface area contributed by atoms with E-state index in [1.165, 1.54) is 5.56 Å². The number of aliphatic hydroxyl groups is 1. The molecule has 0 radical (unpaired) electrons. The maximum atomic E-state index is 12.6. The molecule has 0 fully saturated rings. The van der Waals surface area contributed by atoms with Gasteiger partial charge in [0.2, 0.25) is 6.79 Å². The molecular formula is C24H29NO5. The van der Waals surface area contributed by atoms with Gasteiger partial charge in [-0.2, -0.15) is 0 Å². The van der Waals surface area contributed by atoms with Crippen LogP contribution in [0.3, 0.4) is 0 Å². The van der Waals surface area contributed by atoms with Crippen LogP contribution < -0.4 is 19.5 Å². The number of Topliss-reactive ketones (excluding diaryl/α,β-unsaturated/α-hetero) is 1.